The summed E-state index contributed by atoms with van der Waals surface area (Å²) in [5, 5.41) is 9.85. The van der Waals surface area contributed by atoms with E-state index in [1.54, 1.807) is 25.3 Å². The first kappa shape index (κ1) is 22.0. The molecule has 0 saturated carbocycles. The van der Waals surface area contributed by atoms with Crippen molar-refractivity contribution in [1.82, 2.24) is 14.0 Å². The second-order valence-electron chi connectivity index (χ2n) is 7.19. The van der Waals surface area contributed by atoms with Gasteiger partial charge in [-0.15, -0.1) is 0 Å². The SMILES string of the molecule is COCCn1c(=NC(=O)c2c(F)cccc2F)c(C#N)cc2c(=O)n3cccc(C)c3nc21. The maximum atomic E-state index is 14.1. The topological polar surface area (TPSA) is 102 Å². The van der Waals surface area contributed by atoms with E-state index >= 15 is 0 Å². The van der Waals surface area contributed by atoms with Crippen LogP contribution in [0.3, 0.4) is 0 Å². The number of hydrogen-bond acceptors (Lipinski definition) is 5. The maximum absolute atomic E-state index is 14.1. The zero-order chi connectivity index (χ0) is 23.7. The Morgan fingerprint density at radius 3 is 2.61 bits per heavy atom. The molecule has 1 aromatic carbocycles. The van der Waals surface area contributed by atoms with E-state index in [0.29, 0.717) is 5.65 Å². The first-order valence-electron chi connectivity index (χ1n) is 9.85. The molecule has 8 nitrogen and oxygen atoms in total. The van der Waals surface area contributed by atoms with Crippen molar-refractivity contribution in [3.8, 4) is 6.07 Å². The van der Waals surface area contributed by atoms with Crippen molar-refractivity contribution in [3.63, 3.8) is 0 Å². The van der Waals surface area contributed by atoms with Crippen LogP contribution in [0.25, 0.3) is 16.7 Å². The Morgan fingerprint density at radius 1 is 1.21 bits per heavy atom. The summed E-state index contributed by atoms with van der Waals surface area (Å²) in [5.41, 5.74) is -0.312. The lowest BCUT2D eigenvalue weighted by Crippen LogP contribution is -2.31. The quantitative estimate of drug-likeness (QED) is 0.446. The Kier molecular flexibility index (Phi) is 5.81. The number of ether oxygens (including phenoxy) is 1. The summed E-state index contributed by atoms with van der Waals surface area (Å²) in [5.74, 6) is -3.37. The zero-order valence-corrected chi connectivity index (χ0v) is 17.7. The lowest BCUT2D eigenvalue weighted by atomic mass is 10.2. The van der Waals surface area contributed by atoms with Gasteiger partial charge in [0.05, 0.1) is 17.6 Å². The molecule has 3 heterocycles. The Bertz CT molecular complexity index is 1580. The highest BCUT2D eigenvalue weighted by Gasteiger charge is 2.19. The minimum Gasteiger partial charge on any atom is -0.383 e. The molecule has 33 heavy (non-hydrogen) atoms. The number of halogens is 2. The van der Waals surface area contributed by atoms with E-state index in [2.05, 4.69) is 9.98 Å². The minimum absolute atomic E-state index is 0.0723. The van der Waals surface area contributed by atoms with Crippen molar-refractivity contribution in [3.05, 3.63) is 86.8 Å². The van der Waals surface area contributed by atoms with Gasteiger partial charge in [0.2, 0.25) is 0 Å². The Labute approximate surface area is 185 Å². The van der Waals surface area contributed by atoms with Crippen LogP contribution in [0.1, 0.15) is 21.5 Å². The summed E-state index contributed by atoms with van der Waals surface area (Å²) >= 11 is 0. The molecule has 0 spiro atoms. The summed E-state index contributed by atoms with van der Waals surface area (Å²) in [6.45, 7) is 1.99. The van der Waals surface area contributed by atoms with E-state index in [-0.39, 0.29) is 35.2 Å². The molecule has 1 amide bonds. The van der Waals surface area contributed by atoms with E-state index in [0.717, 1.165) is 23.8 Å². The third kappa shape index (κ3) is 3.79. The molecule has 0 unspecified atom stereocenters. The van der Waals surface area contributed by atoms with Gasteiger partial charge < -0.3 is 9.30 Å². The smallest absolute Gasteiger partial charge is 0.284 e. The standard InChI is InChI=1S/C23H17F2N5O3/c1-13-5-4-8-30-19(13)27-21-15(23(30)32)11-14(12-26)20(29(21)9-10-33-2)28-22(31)18-16(24)6-3-7-17(18)25/h3-8,11H,9-10H2,1-2H3. The third-order valence-corrected chi connectivity index (χ3v) is 5.13. The average molecular weight is 449 g/mol. The number of amides is 1. The van der Waals surface area contributed by atoms with Gasteiger partial charge in [0.25, 0.3) is 11.5 Å². The van der Waals surface area contributed by atoms with Crippen LogP contribution >= 0.6 is 0 Å². The number of aryl methyl sites for hydroxylation is 1. The van der Waals surface area contributed by atoms with E-state index in [4.69, 9.17) is 4.74 Å². The van der Waals surface area contributed by atoms with Gasteiger partial charge in [-0.1, -0.05) is 12.1 Å². The number of aromatic nitrogens is 3. The van der Waals surface area contributed by atoms with Gasteiger partial charge >= 0.3 is 0 Å². The summed E-state index contributed by atoms with van der Waals surface area (Å²) in [6.07, 6.45) is 1.56. The van der Waals surface area contributed by atoms with Crippen molar-refractivity contribution in [2.45, 2.75) is 13.5 Å². The van der Waals surface area contributed by atoms with Gasteiger partial charge in [-0.05, 0) is 36.8 Å². The lowest BCUT2D eigenvalue weighted by molar-refractivity contribution is 0.0988. The predicted molar refractivity (Wildman–Crippen MR) is 115 cm³/mol. The van der Waals surface area contributed by atoms with Gasteiger partial charge in [-0.25, -0.2) is 13.8 Å². The molecule has 0 bridgehead atoms. The number of methoxy groups -OCH3 is 1. The lowest BCUT2D eigenvalue weighted by Gasteiger charge is -2.14. The molecule has 0 aliphatic rings. The first-order valence-corrected chi connectivity index (χ1v) is 9.85. The van der Waals surface area contributed by atoms with Gasteiger partial charge in [0.1, 0.15) is 34.6 Å². The number of carbonyl (C=O) groups excluding carboxylic acids is 1. The molecule has 4 aromatic rings. The van der Waals surface area contributed by atoms with Crippen LogP contribution in [0.2, 0.25) is 0 Å². The summed E-state index contributed by atoms with van der Waals surface area (Å²) in [7, 11) is 1.45. The second-order valence-corrected chi connectivity index (χ2v) is 7.19. The fraction of sp³-hybridized carbons (Fsp3) is 0.174. The fourth-order valence-corrected chi connectivity index (χ4v) is 3.54. The van der Waals surface area contributed by atoms with Crippen molar-refractivity contribution in [2.75, 3.05) is 13.7 Å². The van der Waals surface area contributed by atoms with Crippen LogP contribution in [0, 0.1) is 29.9 Å². The average Bonchev–Trinajstić information content (AvgIpc) is 2.79. The molecule has 0 atom stereocenters. The maximum Gasteiger partial charge on any atom is 0.284 e. The minimum atomic E-state index is -1.21. The first-order chi connectivity index (χ1) is 15.9. The normalized spacial score (nSPS) is 11.8. The molecule has 166 valence electrons. The van der Waals surface area contributed by atoms with Crippen molar-refractivity contribution < 1.29 is 18.3 Å². The highest BCUT2D eigenvalue weighted by Crippen LogP contribution is 2.15. The zero-order valence-electron chi connectivity index (χ0n) is 17.7. The molecule has 0 saturated heterocycles. The van der Waals surface area contributed by atoms with Gasteiger partial charge in [-0.3, -0.25) is 14.0 Å². The van der Waals surface area contributed by atoms with E-state index in [1.165, 1.54) is 22.1 Å². The number of rotatable bonds is 4. The number of nitrogens with zero attached hydrogens (tertiary/aromatic N) is 5. The monoisotopic (exact) mass is 449 g/mol. The van der Waals surface area contributed by atoms with Crippen molar-refractivity contribution in [2.24, 2.45) is 4.99 Å². The number of nitriles is 1. The van der Waals surface area contributed by atoms with Crippen LogP contribution in [-0.4, -0.2) is 33.6 Å². The van der Waals surface area contributed by atoms with E-state index in [1.807, 2.05) is 6.07 Å². The Balaban J connectivity index is 2.13. The van der Waals surface area contributed by atoms with Gasteiger partial charge in [-0.2, -0.15) is 10.3 Å². The summed E-state index contributed by atoms with van der Waals surface area (Å²) < 4.78 is 36.2. The number of carbonyl (C=O) groups is 1. The Hall–Kier alpha value is -4.23. The molecule has 0 N–H and O–H groups in total. The molecule has 0 aliphatic heterocycles. The molecule has 10 heteroatoms. The van der Waals surface area contributed by atoms with Crippen LogP contribution in [0.4, 0.5) is 8.78 Å². The third-order valence-electron chi connectivity index (χ3n) is 5.13. The van der Waals surface area contributed by atoms with Crippen LogP contribution in [0.5, 0.6) is 0 Å². The van der Waals surface area contributed by atoms with Crippen LogP contribution < -0.4 is 11.0 Å². The van der Waals surface area contributed by atoms with Gasteiger partial charge in [0, 0.05) is 19.9 Å². The van der Waals surface area contributed by atoms with Crippen molar-refractivity contribution >= 4 is 22.6 Å². The molecule has 4 rings (SSSR count). The number of pyridine rings is 2. The number of fused-ring (bicyclic) bond motifs is 2. The molecule has 0 aliphatic carbocycles. The van der Waals surface area contributed by atoms with E-state index in [9.17, 15) is 23.6 Å². The summed E-state index contributed by atoms with van der Waals surface area (Å²) in [4.78, 5) is 34.3. The predicted octanol–water partition coefficient (Wildman–Crippen LogP) is 2.50. The largest absolute Gasteiger partial charge is 0.383 e. The van der Waals surface area contributed by atoms with Crippen LogP contribution in [-0.2, 0) is 11.3 Å². The number of hydrogen-bond donors (Lipinski definition) is 0. The molecule has 3 aromatic heterocycles. The molecule has 0 fully saturated rings. The second kappa shape index (κ2) is 8.72. The van der Waals surface area contributed by atoms with Crippen LogP contribution in [0.15, 0.2) is 52.4 Å². The molecular weight excluding hydrogens is 432 g/mol. The summed E-state index contributed by atoms with van der Waals surface area (Å²) in [6, 6.07) is 9.67. The Morgan fingerprint density at radius 2 is 1.94 bits per heavy atom. The highest BCUT2D eigenvalue weighted by molar-refractivity contribution is 5.95. The highest BCUT2D eigenvalue weighted by atomic mass is 19.1. The fourth-order valence-electron chi connectivity index (χ4n) is 3.54. The van der Waals surface area contributed by atoms with Crippen molar-refractivity contribution in [1.29, 1.82) is 5.26 Å². The van der Waals surface area contributed by atoms with E-state index < -0.39 is 28.7 Å². The van der Waals surface area contributed by atoms with Gasteiger partial charge in [0.15, 0.2) is 5.49 Å². The molecule has 0 radical (unpaired) electrons. The number of benzene rings is 1. The molecular formula is C23H17F2N5O3.